The number of nitrogens with zero attached hydrogens (tertiary/aromatic N) is 6. The first-order valence-corrected chi connectivity index (χ1v) is 12.0. The highest BCUT2D eigenvalue weighted by Crippen LogP contribution is 2.23. The number of benzene rings is 1. The van der Waals surface area contributed by atoms with Crippen LogP contribution >= 0.6 is 0 Å². The molecule has 34 heavy (non-hydrogen) atoms. The van der Waals surface area contributed by atoms with Crippen molar-refractivity contribution < 1.29 is 9.47 Å². The Labute approximate surface area is 199 Å². The number of H-pyrrole nitrogens is 1. The van der Waals surface area contributed by atoms with Gasteiger partial charge in [-0.1, -0.05) is 32.4 Å². The number of para-hydroxylation sites is 2. The lowest BCUT2D eigenvalue weighted by Gasteiger charge is -2.20. The number of imidazole rings is 2. The maximum Gasteiger partial charge on any atom is 0.320 e. The van der Waals surface area contributed by atoms with Gasteiger partial charge >= 0.3 is 6.01 Å². The lowest BCUT2D eigenvalue weighted by molar-refractivity contribution is 0.149. The average Bonchev–Trinajstić information content (AvgIpc) is 3.46. The fraction of sp³-hybridized carbons (Fsp3) is 0.500. The van der Waals surface area contributed by atoms with E-state index in [1.165, 1.54) is 0 Å². The minimum absolute atomic E-state index is 0.363. The Hall–Kier alpha value is -3.24. The van der Waals surface area contributed by atoms with Gasteiger partial charge < -0.3 is 24.3 Å². The van der Waals surface area contributed by atoms with E-state index in [1.54, 1.807) is 7.11 Å². The number of hydrogen-bond acceptors (Lipinski definition) is 8. The highest BCUT2D eigenvalue weighted by Gasteiger charge is 2.15. The molecule has 0 bridgehead atoms. The van der Waals surface area contributed by atoms with Crippen LogP contribution in [0.2, 0.25) is 0 Å². The van der Waals surface area contributed by atoms with Crippen molar-refractivity contribution in [1.82, 2.24) is 34.4 Å². The molecular formula is C24H34N8O2. The van der Waals surface area contributed by atoms with E-state index in [9.17, 15) is 0 Å². The molecule has 0 spiro atoms. The van der Waals surface area contributed by atoms with Gasteiger partial charge in [-0.3, -0.25) is 4.90 Å². The molecule has 0 saturated carbocycles. The maximum absolute atomic E-state index is 5.87. The number of anilines is 1. The Balaban J connectivity index is 1.55. The zero-order valence-electron chi connectivity index (χ0n) is 20.3. The molecule has 0 radical (unpaired) electrons. The molecule has 2 N–H and O–H groups in total. The summed E-state index contributed by atoms with van der Waals surface area (Å²) in [6.07, 6.45) is 3.82. The van der Waals surface area contributed by atoms with Gasteiger partial charge in [0, 0.05) is 26.7 Å². The number of nitrogens with one attached hydrogen (secondary N) is 2. The molecule has 3 heterocycles. The standard InChI is InChI=1S/C24H34N8O2/c1-4-6-14-34-24-29-22(25-16-20-27-18-9-7-8-10-19(18)28-20)21-23(30-24)32(17-26-21)12-11-31(5-2)13-15-33-3/h7-10,17H,4-6,11-16H2,1-3H3,(H,27,28)(H,25,29,30). The zero-order chi connectivity index (χ0) is 23.8. The molecule has 0 amide bonds. The maximum atomic E-state index is 5.87. The van der Waals surface area contributed by atoms with Crippen molar-refractivity contribution in [2.24, 2.45) is 0 Å². The predicted molar refractivity (Wildman–Crippen MR) is 133 cm³/mol. The van der Waals surface area contributed by atoms with Crippen molar-refractivity contribution in [2.75, 3.05) is 45.3 Å². The fourth-order valence-electron chi connectivity index (χ4n) is 3.74. The van der Waals surface area contributed by atoms with Crippen LogP contribution in [0, 0.1) is 0 Å². The number of fused-ring (bicyclic) bond motifs is 2. The Bertz CT molecular complexity index is 1160. The zero-order valence-corrected chi connectivity index (χ0v) is 20.3. The Morgan fingerprint density at radius 3 is 2.76 bits per heavy atom. The molecule has 3 aromatic heterocycles. The molecule has 0 fully saturated rings. The van der Waals surface area contributed by atoms with Gasteiger partial charge in [-0.15, -0.1) is 0 Å². The quantitative estimate of drug-likeness (QED) is 0.272. The van der Waals surface area contributed by atoms with Crippen LogP contribution in [0.3, 0.4) is 0 Å². The van der Waals surface area contributed by atoms with E-state index >= 15 is 0 Å². The molecule has 0 saturated heterocycles. The first kappa shape index (κ1) is 23.9. The molecule has 4 rings (SSSR count). The van der Waals surface area contributed by atoms with Crippen LogP contribution in [0.1, 0.15) is 32.5 Å². The second-order valence-electron chi connectivity index (χ2n) is 8.15. The van der Waals surface area contributed by atoms with E-state index < -0.39 is 0 Å². The van der Waals surface area contributed by atoms with E-state index in [2.05, 4.69) is 53.6 Å². The van der Waals surface area contributed by atoms with Crippen LogP contribution in [0.4, 0.5) is 5.82 Å². The summed E-state index contributed by atoms with van der Waals surface area (Å²) in [6.45, 7) is 9.57. The van der Waals surface area contributed by atoms with Crippen molar-refractivity contribution in [3.8, 4) is 6.01 Å². The Morgan fingerprint density at radius 2 is 1.97 bits per heavy atom. The number of unbranched alkanes of at least 4 members (excludes halogenated alkanes) is 1. The van der Waals surface area contributed by atoms with E-state index in [4.69, 9.17) is 9.47 Å². The Morgan fingerprint density at radius 1 is 1.09 bits per heavy atom. The van der Waals surface area contributed by atoms with E-state index in [1.807, 2.05) is 30.6 Å². The van der Waals surface area contributed by atoms with E-state index in [-0.39, 0.29) is 0 Å². The van der Waals surface area contributed by atoms with Crippen LogP contribution < -0.4 is 10.1 Å². The fourth-order valence-corrected chi connectivity index (χ4v) is 3.74. The minimum Gasteiger partial charge on any atom is -0.463 e. The molecule has 0 aliphatic heterocycles. The minimum atomic E-state index is 0.363. The summed E-state index contributed by atoms with van der Waals surface area (Å²) in [5.41, 5.74) is 3.43. The lowest BCUT2D eigenvalue weighted by atomic mass is 10.3. The number of aromatic amines is 1. The van der Waals surface area contributed by atoms with Crippen LogP contribution in [0.25, 0.3) is 22.2 Å². The summed E-state index contributed by atoms with van der Waals surface area (Å²) in [5.74, 6) is 1.47. The molecule has 0 aliphatic rings. The van der Waals surface area contributed by atoms with E-state index in [0.29, 0.717) is 31.6 Å². The number of methoxy groups -OCH3 is 1. The van der Waals surface area contributed by atoms with Crippen LogP contribution in [-0.2, 0) is 17.8 Å². The first-order valence-electron chi connectivity index (χ1n) is 12.0. The van der Waals surface area contributed by atoms with Gasteiger partial charge in [-0.2, -0.15) is 9.97 Å². The topological polar surface area (TPSA) is 106 Å². The monoisotopic (exact) mass is 466 g/mol. The number of aromatic nitrogens is 6. The van der Waals surface area contributed by atoms with E-state index in [0.717, 1.165) is 67.0 Å². The highest BCUT2D eigenvalue weighted by atomic mass is 16.5. The SMILES string of the molecule is CCCCOc1nc(NCc2nc3ccccc3[nH]2)c2ncn(CCN(CC)CCOC)c2n1. The summed E-state index contributed by atoms with van der Waals surface area (Å²) in [6, 6.07) is 8.35. The van der Waals surface area contributed by atoms with Gasteiger partial charge in [-0.05, 0) is 25.1 Å². The molecule has 1 aromatic carbocycles. The van der Waals surface area contributed by atoms with Crippen LogP contribution in [0.5, 0.6) is 6.01 Å². The number of ether oxygens (including phenoxy) is 2. The third kappa shape index (κ3) is 5.81. The van der Waals surface area contributed by atoms with Crippen LogP contribution in [-0.4, -0.2) is 74.3 Å². The van der Waals surface area contributed by atoms with Gasteiger partial charge in [0.05, 0.1) is 37.1 Å². The predicted octanol–water partition coefficient (Wildman–Crippen LogP) is 3.46. The van der Waals surface area contributed by atoms with Gasteiger partial charge in [0.25, 0.3) is 0 Å². The lowest BCUT2D eigenvalue weighted by Crippen LogP contribution is -2.30. The molecule has 10 nitrogen and oxygen atoms in total. The molecule has 0 atom stereocenters. The summed E-state index contributed by atoms with van der Waals surface area (Å²) in [7, 11) is 1.73. The van der Waals surface area contributed by atoms with Crippen molar-refractivity contribution in [1.29, 1.82) is 0 Å². The smallest absolute Gasteiger partial charge is 0.320 e. The molecular weight excluding hydrogens is 432 g/mol. The molecule has 0 aliphatic carbocycles. The summed E-state index contributed by atoms with van der Waals surface area (Å²) in [4.78, 5) is 24.3. The van der Waals surface area contributed by atoms with Gasteiger partial charge in [0.1, 0.15) is 5.82 Å². The summed E-state index contributed by atoms with van der Waals surface area (Å²) >= 11 is 0. The third-order valence-electron chi connectivity index (χ3n) is 5.75. The summed E-state index contributed by atoms with van der Waals surface area (Å²) in [5, 5.41) is 3.39. The molecule has 4 aromatic rings. The van der Waals surface area contributed by atoms with Crippen molar-refractivity contribution >= 4 is 28.0 Å². The summed E-state index contributed by atoms with van der Waals surface area (Å²) < 4.78 is 13.2. The number of likely N-dealkylation sites (N-methyl/N-ethyl adjacent to an activating group) is 1. The molecule has 0 unspecified atom stereocenters. The molecule has 182 valence electrons. The van der Waals surface area contributed by atoms with Crippen molar-refractivity contribution in [2.45, 2.75) is 39.8 Å². The van der Waals surface area contributed by atoms with Crippen molar-refractivity contribution in [3.63, 3.8) is 0 Å². The second-order valence-corrected chi connectivity index (χ2v) is 8.15. The number of rotatable bonds is 14. The normalized spacial score (nSPS) is 11.6. The first-order chi connectivity index (χ1) is 16.7. The molecule has 10 heteroatoms. The second kappa shape index (κ2) is 11.8. The number of hydrogen-bond donors (Lipinski definition) is 2. The largest absolute Gasteiger partial charge is 0.463 e. The Kier molecular flexibility index (Phi) is 8.26. The highest BCUT2D eigenvalue weighted by molar-refractivity contribution is 5.83. The van der Waals surface area contributed by atoms with Crippen molar-refractivity contribution in [3.05, 3.63) is 36.4 Å². The van der Waals surface area contributed by atoms with Gasteiger partial charge in [-0.25, -0.2) is 9.97 Å². The third-order valence-corrected chi connectivity index (χ3v) is 5.75. The van der Waals surface area contributed by atoms with Gasteiger partial charge in [0.15, 0.2) is 17.0 Å². The van der Waals surface area contributed by atoms with Crippen LogP contribution in [0.15, 0.2) is 30.6 Å². The van der Waals surface area contributed by atoms with Gasteiger partial charge in [0.2, 0.25) is 0 Å². The average molecular weight is 467 g/mol.